The number of carbonyl (C=O) groups excluding carboxylic acids is 2. The van der Waals surface area contributed by atoms with Gasteiger partial charge in [0.05, 0.1) is 0 Å². The van der Waals surface area contributed by atoms with Crippen LogP contribution in [0, 0.1) is 0 Å². The quantitative estimate of drug-likeness (QED) is 0.107. The van der Waals surface area contributed by atoms with E-state index < -0.39 is 49.7 Å². The number of fused-ring (bicyclic) bond motifs is 2. The average Bonchev–Trinajstić information content (AvgIpc) is 3.08. The summed E-state index contributed by atoms with van der Waals surface area (Å²) in [7, 11) is 0. The van der Waals surface area contributed by atoms with Gasteiger partial charge >= 0.3 is 24.3 Å². The van der Waals surface area contributed by atoms with Crippen molar-refractivity contribution in [3.63, 3.8) is 0 Å². The number of halogens is 6. The van der Waals surface area contributed by atoms with Crippen LogP contribution >= 0.6 is 0 Å². The molecular weight excluding hydrogens is 678 g/mol. The SMILES string of the molecule is CCC(C)(C)c1ccc2cc(OCC(=O)OC(C)C(F)(F)F)ccc2c1.CCC(C)c1ccc2cc(OCC(=O)OC(C)C(F)(F)F)ccc2c1. The van der Waals surface area contributed by atoms with Crippen molar-refractivity contribution in [3.05, 3.63) is 83.9 Å². The molecule has 4 aromatic rings. The molecule has 4 rings (SSSR count). The van der Waals surface area contributed by atoms with Crippen molar-refractivity contribution in [2.24, 2.45) is 0 Å². The Labute approximate surface area is 294 Å². The summed E-state index contributed by atoms with van der Waals surface area (Å²) in [6, 6.07) is 22.8. The van der Waals surface area contributed by atoms with Crippen molar-refractivity contribution in [1.82, 2.24) is 0 Å². The fourth-order valence-corrected chi connectivity index (χ4v) is 4.69. The molecule has 0 heterocycles. The Morgan fingerprint density at radius 2 is 1.02 bits per heavy atom. The summed E-state index contributed by atoms with van der Waals surface area (Å²) in [6.07, 6.45) is -11.4. The minimum absolute atomic E-state index is 0.0717. The zero-order valence-electron chi connectivity index (χ0n) is 29.7. The molecule has 0 amide bonds. The van der Waals surface area contributed by atoms with Crippen LogP contribution in [0.1, 0.15) is 78.4 Å². The number of alkyl halides is 6. The third-order valence-corrected chi connectivity index (χ3v) is 8.75. The predicted molar refractivity (Wildman–Crippen MR) is 184 cm³/mol. The lowest BCUT2D eigenvalue weighted by Gasteiger charge is -2.23. The van der Waals surface area contributed by atoms with E-state index >= 15 is 0 Å². The fraction of sp³-hybridized carbons (Fsp3) is 0.436. The van der Waals surface area contributed by atoms with Gasteiger partial charge in [0.15, 0.2) is 25.4 Å². The molecule has 0 bridgehead atoms. The maximum atomic E-state index is 12.4. The van der Waals surface area contributed by atoms with Crippen molar-refractivity contribution in [2.75, 3.05) is 13.2 Å². The Kier molecular flexibility index (Phi) is 13.8. The van der Waals surface area contributed by atoms with E-state index in [2.05, 4.69) is 62.3 Å². The molecule has 278 valence electrons. The van der Waals surface area contributed by atoms with Gasteiger partial charge in [-0.05, 0) is 95.0 Å². The standard InChI is InChI=1S/C20H23F3O3.C19H21F3O3/c1-5-19(3,4)16-8-6-15-11-17(9-7-14(15)10-16)25-12-18(24)26-13(2)20(21,22)23;1-4-12(2)14-5-6-16-10-17(8-7-15(16)9-14)24-11-18(23)25-13(3)19(20,21)22/h6-11,13H,5,12H2,1-4H3;5-10,12-13H,4,11H2,1-3H3. The van der Waals surface area contributed by atoms with Gasteiger partial charge in [-0.25, -0.2) is 9.59 Å². The molecule has 0 fully saturated rings. The first-order valence-corrected chi connectivity index (χ1v) is 16.6. The number of rotatable bonds is 12. The lowest BCUT2D eigenvalue weighted by atomic mass is 9.81. The smallest absolute Gasteiger partial charge is 0.425 e. The average molecular weight is 723 g/mol. The summed E-state index contributed by atoms with van der Waals surface area (Å²) >= 11 is 0. The van der Waals surface area contributed by atoms with Crippen molar-refractivity contribution >= 4 is 33.5 Å². The molecule has 0 N–H and O–H groups in total. The zero-order chi connectivity index (χ0) is 38.1. The Balaban J connectivity index is 0.000000276. The van der Waals surface area contributed by atoms with Crippen LogP contribution in [0.4, 0.5) is 26.3 Å². The summed E-state index contributed by atoms with van der Waals surface area (Å²) in [6.45, 7) is 11.2. The van der Waals surface area contributed by atoms with Gasteiger partial charge in [-0.15, -0.1) is 0 Å². The predicted octanol–water partition coefficient (Wildman–Crippen LogP) is 10.6. The van der Waals surface area contributed by atoms with E-state index in [1.165, 1.54) is 11.1 Å². The number of hydrogen-bond donors (Lipinski definition) is 0. The molecule has 4 aromatic carbocycles. The van der Waals surface area contributed by atoms with E-state index in [4.69, 9.17) is 9.47 Å². The van der Waals surface area contributed by atoms with Gasteiger partial charge in [0.2, 0.25) is 0 Å². The van der Waals surface area contributed by atoms with Gasteiger partial charge in [0.25, 0.3) is 0 Å². The molecule has 0 aliphatic carbocycles. The highest BCUT2D eigenvalue weighted by Gasteiger charge is 2.40. The topological polar surface area (TPSA) is 71.1 Å². The first kappa shape index (κ1) is 40.9. The van der Waals surface area contributed by atoms with Crippen molar-refractivity contribution in [2.45, 2.75) is 97.2 Å². The van der Waals surface area contributed by atoms with Gasteiger partial charge in [-0.2, -0.15) is 26.3 Å². The summed E-state index contributed by atoms with van der Waals surface area (Å²) in [5.74, 6) is -0.852. The molecule has 51 heavy (non-hydrogen) atoms. The second kappa shape index (κ2) is 17.2. The highest BCUT2D eigenvalue weighted by atomic mass is 19.4. The lowest BCUT2D eigenvalue weighted by Crippen LogP contribution is -2.32. The Bertz CT molecular complexity index is 1780. The van der Waals surface area contributed by atoms with Crippen LogP contribution in [0.25, 0.3) is 21.5 Å². The first-order chi connectivity index (χ1) is 23.7. The van der Waals surface area contributed by atoms with E-state index in [1.54, 1.807) is 24.3 Å². The first-order valence-electron chi connectivity index (χ1n) is 16.6. The van der Waals surface area contributed by atoms with Gasteiger partial charge in [0, 0.05) is 0 Å². The second-order valence-corrected chi connectivity index (χ2v) is 13.0. The van der Waals surface area contributed by atoms with Crippen LogP contribution in [-0.2, 0) is 24.5 Å². The Morgan fingerprint density at radius 3 is 1.45 bits per heavy atom. The highest BCUT2D eigenvalue weighted by molar-refractivity contribution is 5.85. The molecule has 0 saturated carbocycles. The van der Waals surface area contributed by atoms with Gasteiger partial charge < -0.3 is 18.9 Å². The number of hydrogen-bond acceptors (Lipinski definition) is 6. The van der Waals surface area contributed by atoms with Crippen LogP contribution in [0.5, 0.6) is 11.5 Å². The molecule has 0 radical (unpaired) electrons. The molecule has 0 aliphatic heterocycles. The van der Waals surface area contributed by atoms with E-state index in [0.29, 0.717) is 17.4 Å². The number of carbonyl (C=O) groups is 2. The van der Waals surface area contributed by atoms with Crippen molar-refractivity contribution in [3.8, 4) is 11.5 Å². The largest absolute Gasteiger partial charge is 0.482 e. The molecule has 0 aromatic heterocycles. The Hall–Kier alpha value is -4.48. The van der Waals surface area contributed by atoms with Crippen molar-refractivity contribution in [1.29, 1.82) is 0 Å². The normalized spacial score (nSPS) is 13.8. The second-order valence-electron chi connectivity index (χ2n) is 13.0. The molecule has 0 saturated heterocycles. The maximum Gasteiger partial charge on any atom is 0.425 e. The van der Waals surface area contributed by atoms with E-state index in [-0.39, 0.29) is 5.41 Å². The van der Waals surface area contributed by atoms with Crippen LogP contribution in [0.3, 0.4) is 0 Å². The zero-order valence-corrected chi connectivity index (χ0v) is 29.7. The third-order valence-electron chi connectivity index (χ3n) is 8.75. The molecule has 3 unspecified atom stereocenters. The molecule has 0 aliphatic rings. The molecule has 6 nitrogen and oxygen atoms in total. The van der Waals surface area contributed by atoms with E-state index in [0.717, 1.165) is 48.2 Å². The van der Waals surface area contributed by atoms with Gasteiger partial charge in [-0.1, -0.05) is 83.1 Å². The van der Waals surface area contributed by atoms with E-state index in [9.17, 15) is 35.9 Å². The van der Waals surface area contributed by atoms with Gasteiger partial charge in [-0.3, -0.25) is 0 Å². The minimum atomic E-state index is -4.58. The molecule has 3 atom stereocenters. The summed E-state index contributed by atoms with van der Waals surface area (Å²) in [4.78, 5) is 22.9. The summed E-state index contributed by atoms with van der Waals surface area (Å²) in [5.41, 5.74) is 2.54. The number of benzene rings is 4. The summed E-state index contributed by atoms with van der Waals surface area (Å²) in [5, 5.41) is 3.93. The number of esters is 2. The monoisotopic (exact) mass is 722 g/mol. The Morgan fingerprint density at radius 1 is 0.608 bits per heavy atom. The number of ether oxygens (including phenoxy) is 4. The third kappa shape index (κ3) is 12.1. The molecule has 12 heteroatoms. The fourth-order valence-electron chi connectivity index (χ4n) is 4.69. The molecule has 0 spiro atoms. The van der Waals surface area contributed by atoms with Crippen LogP contribution in [0.2, 0.25) is 0 Å². The molecular formula is C39H44F6O6. The van der Waals surface area contributed by atoms with Crippen LogP contribution in [0.15, 0.2) is 72.8 Å². The van der Waals surface area contributed by atoms with E-state index in [1.807, 2.05) is 30.3 Å². The summed E-state index contributed by atoms with van der Waals surface area (Å²) < 4.78 is 93.2. The minimum Gasteiger partial charge on any atom is -0.482 e. The van der Waals surface area contributed by atoms with Crippen LogP contribution in [-0.4, -0.2) is 49.7 Å². The van der Waals surface area contributed by atoms with Gasteiger partial charge in [0.1, 0.15) is 11.5 Å². The van der Waals surface area contributed by atoms with Crippen LogP contribution < -0.4 is 9.47 Å². The maximum absolute atomic E-state index is 12.4. The lowest BCUT2D eigenvalue weighted by molar-refractivity contribution is -0.217. The highest BCUT2D eigenvalue weighted by Crippen LogP contribution is 2.31. The van der Waals surface area contributed by atoms with Crippen molar-refractivity contribution < 1.29 is 54.9 Å².